The first-order chi connectivity index (χ1) is 7.22. The van der Waals surface area contributed by atoms with Crippen molar-refractivity contribution in [1.82, 2.24) is 5.32 Å². The standard InChI is InChI=1S/C11H22N2O2/c1-2-7-13-11(14)8-15-10-5-3-9(12)4-6-10/h9-10H,2-8,12H2,1H3,(H,13,14). The van der Waals surface area contributed by atoms with Gasteiger partial charge in [0.15, 0.2) is 0 Å². The van der Waals surface area contributed by atoms with Crippen molar-refractivity contribution in [2.75, 3.05) is 13.2 Å². The summed E-state index contributed by atoms with van der Waals surface area (Å²) in [7, 11) is 0. The molecule has 3 N–H and O–H groups in total. The van der Waals surface area contributed by atoms with Crippen molar-refractivity contribution in [3.8, 4) is 0 Å². The summed E-state index contributed by atoms with van der Waals surface area (Å²) in [5.41, 5.74) is 5.78. The van der Waals surface area contributed by atoms with Gasteiger partial charge in [0.1, 0.15) is 6.61 Å². The van der Waals surface area contributed by atoms with Crippen LogP contribution in [0.3, 0.4) is 0 Å². The molecule has 0 spiro atoms. The SMILES string of the molecule is CCCNC(=O)COC1CCC(N)CC1. The molecule has 4 heteroatoms. The van der Waals surface area contributed by atoms with Crippen LogP contribution in [0.4, 0.5) is 0 Å². The van der Waals surface area contributed by atoms with Gasteiger partial charge in [-0.2, -0.15) is 0 Å². The quantitative estimate of drug-likeness (QED) is 0.711. The minimum atomic E-state index is -0.00766. The summed E-state index contributed by atoms with van der Waals surface area (Å²) < 4.78 is 5.52. The van der Waals surface area contributed by atoms with E-state index in [1.807, 2.05) is 6.92 Å². The molecule has 0 heterocycles. The highest BCUT2D eigenvalue weighted by molar-refractivity contribution is 5.77. The predicted molar refractivity (Wildman–Crippen MR) is 59.5 cm³/mol. The first-order valence-electron chi connectivity index (χ1n) is 5.86. The molecule has 1 amide bonds. The van der Waals surface area contributed by atoms with Gasteiger partial charge in [-0.3, -0.25) is 4.79 Å². The van der Waals surface area contributed by atoms with Crippen LogP contribution in [-0.2, 0) is 9.53 Å². The lowest BCUT2D eigenvalue weighted by molar-refractivity contribution is -0.128. The molecule has 1 aliphatic rings. The number of nitrogens with two attached hydrogens (primary N) is 1. The predicted octanol–water partition coefficient (Wildman–Crippen LogP) is 0.799. The minimum Gasteiger partial charge on any atom is -0.368 e. The second kappa shape index (κ2) is 6.80. The van der Waals surface area contributed by atoms with E-state index in [1.54, 1.807) is 0 Å². The van der Waals surface area contributed by atoms with Gasteiger partial charge in [0.05, 0.1) is 6.10 Å². The van der Waals surface area contributed by atoms with E-state index >= 15 is 0 Å². The lowest BCUT2D eigenvalue weighted by Gasteiger charge is -2.25. The number of hydrogen-bond acceptors (Lipinski definition) is 3. The highest BCUT2D eigenvalue weighted by Crippen LogP contribution is 2.19. The van der Waals surface area contributed by atoms with Crippen LogP contribution in [0.15, 0.2) is 0 Å². The number of carbonyl (C=O) groups is 1. The maximum Gasteiger partial charge on any atom is 0.246 e. The average molecular weight is 214 g/mol. The zero-order valence-corrected chi connectivity index (χ0v) is 9.50. The summed E-state index contributed by atoms with van der Waals surface area (Å²) in [4.78, 5) is 11.2. The Morgan fingerprint density at radius 1 is 1.40 bits per heavy atom. The number of ether oxygens (including phenoxy) is 1. The third-order valence-electron chi connectivity index (χ3n) is 2.74. The molecule has 1 aliphatic carbocycles. The molecule has 0 aromatic rings. The topological polar surface area (TPSA) is 64.3 Å². The fourth-order valence-electron chi connectivity index (χ4n) is 1.76. The number of rotatable bonds is 5. The molecule has 0 bridgehead atoms. The Bertz CT molecular complexity index is 189. The van der Waals surface area contributed by atoms with Gasteiger partial charge in [0, 0.05) is 12.6 Å². The van der Waals surface area contributed by atoms with Crippen molar-refractivity contribution >= 4 is 5.91 Å². The van der Waals surface area contributed by atoms with Crippen molar-refractivity contribution in [3.05, 3.63) is 0 Å². The van der Waals surface area contributed by atoms with Crippen LogP contribution < -0.4 is 11.1 Å². The van der Waals surface area contributed by atoms with Gasteiger partial charge in [-0.1, -0.05) is 6.92 Å². The Morgan fingerprint density at radius 2 is 2.07 bits per heavy atom. The van der Waals surface area contributed by atoms with Crippen LogP contribution in [0.2, 0.25) is 0 Å². The summed E-state index contributed by atoms with van der Waals surface area (Å²) in [5, 5.41) is 2.79. The summed E-state index contributed by atoms with van der Waals surface area (Å²) in [5.74, 6) is -0.00766. The average Bonchev–Trinajstić information content (AvgIpc) is 2.25. The smallest absolute Gasteiger partial charge is 0.246 e. The molecule has 0 atom stereocenters. The molecule has 4 nitrogen and oxygen atoms in total. The molecule has 0 aromatic carbocycles. The van der Waals surface area contributed by atoms with Crippen molar-refractivity contribution < 1.29 is 9.53 Å². The van der Waals surface area contributed by atoms with Gasteiger partial charge < -0.3 is 15.8 Å². The molecule has 0 saturated heterocycles. The number of nitrogens with one attached hydrogen (secondary N) is 1. The van der Waals surface area contributed by atoms with E-state index in [1.165, 1.54) is 0 Å². The van der Waals surface area contributed by atoms with Crippen molar-refractivity contribution in [1.29, 1.82) is 0 Å². The Labute approximate surface area is 91.5 Å². The summed E-state index contributed by atoms with van der Waals surface area (Å²) in [6.45, 7) is 2.96. The summed E-state index contributed by atoms with van der Waals surface area (Å²) in [6.07, 6.45) is 5.20. The molecular formula is C11H22N2O2. The van der Waals surface area contributed by atoms with E-state index in [9.17, 15) is 4.79 Å². The lowest BCUT2D eigenvalue weighted by Crippen LogP contribution is -2.34. The largest absolute Gasteiger partial charge is 0.368 e. The van der Waals surface area contributed by atoms with Gasteiger partial charge in [0.2, 0.25) is 5.91 Å². The van der Waals surface area contributed by atoms with Gasteiger partial charge in [0.25, 0.3) is 0 Å². The molecule has 88 valence electrons. The molecule has 0 unspecified atom stereocenters. The maximum absolute atomic E-state index is 11.2. The molecule has 0 aromatic heterocycles. The number of hydrogen-bond donors (Lipinski definition) is 2. The van der Waals surface area contributed by atoms with E-state index in [0.717, 1.165) is 38.6 Å². The van der Waals surface area contributed by atoms with E-state index in [0.29, 0.717) is 6.04 Å². The molecule has 1 saturated carbocycles. The zero-order chi connectivity index (χ0) is 11.1. The van der Waals surface area contributed by atoms with Crippen LogP contribution in [0.25, 0.3) is 0 Å². The highest BCUT2D eigenvalue weighted by atomic mass is 16.5. The van der Waals surface area contributed by atoms with E-state index in [2.05, 4.69) is 5.32 Å². The Kier molecular flexibility index (Phi) is 5.65. The van der Waals surface area contributed by atoms with Gasteiger partial charge in [-0.25, -0.2) is 0 Å². The first-order valence-corrected chi connectivity index (χ1v) is 5.86. The monoisotopic (exact) mass is 214 g/mol. The number of carbonyl (C=O) groups excluding carboxylic acids is 1. The third kappa shape index (κ3) is 5.14. The fourth-order valence-corrected chi connectivity index (χ4v) is 1.76. The van der Waals surface area contributed by atoms with E-state index in [-0.39, 0.29) is 18.6 Å². The molecule has 1 rings (SSSR count). The van der Waals surface area contributed by atoms with Crippen LogP contribution in [0.1, 0.15) is 39.0 Å². The first kappa shape index (κ1) is 12.5. The van der Waals surface area contributed by atoms with Crippen LogP contribution in [0, 0.1) is 0 Å². The molecular weight excluding hydrogens is 192 g/mol. The van der Waals surface area contributed by atoms with E-state index < -0.39 is 0 Å². The summed E-state index contributed by atoms with van der Waals surface area (Å²) >= 11 is 0. The second-order valence-electron chi connectivity index (χ2n) is 4.20. The Hall–Kier alpha value is -0.610. The van der Waals surface area contributed by atoms with Crippen LogP contribution in [0.5, 0.6) is 0 Å². The molecule has 0 aliphatic heterocycles. The van der Waals surface area contributed by atoms with Crippen molar-refractivity contribution in [2.45, 2.75) is 51.2 Å². The van der Waals surface area contributed by atoms with E-state index in [4.69, 9.17) is 10.5 Å². The van der Waals surface area contributed by atoms with Crippen LogP contribution in [-0.4, -0.2) is 31.2 Å². The third-order valence-corrected chi connectivity index (χ3v) is 2.74. The second-order valence-corrected chi connectivity index (χ2v) is 4.20. The molecule has 0 radical (unpaired) electrons. The Balaban J connectivity index is 2.06. The number of amides is 1. The van der Waals surface area contributed by atoms with Gasteiger partial charge in [-0.15, -0.1) is 0 Å². The molecule has 15 heavy (non-hydrogen) atoms. The van der Waals surface area contributed by atoms with Crippen LogP contribution >= 0.6 is 0 Å². The van der Waals surface area contributed by atoms with Gasteiger partial charge in [-0.05, 0) is 32.1 Å². The minimum absolute atomic E-state index is 0.00766. The Morgan fingerprint density at radius 3 is 2.67 bits per heavy atom. The normalized spacial score (nSPS) is 26.3. The highest BCUT2D eigenvalue weighted by Gasteiger charge is 2.19. The zero-order valence-electron chi connectivity index (χ0n) is 9.50. The molecule has 1 fully saturated rings. The van der Waals surface area contributed by atoms with Crippen molar-refractivity contribution in [3.63, 3.8) is 0 Å². The fraction of sp³-hybridized carbons (Fsp3) is 0.909. The maximum atomic E-state index is 11.2. The summed E-state index contributed by atoms with van der Waals surface area (Å²) in [6, 6.07) is 0.332. The lowest BCUT2D eigenvalue weighted by atomic mass is 9.94. The van der Waals surface area contributed by atoms with Crippen molar-refractivity contribution in [2.24, 2.45) is 5.73 Å². The van der Waals surface area contributed by atoms with Gasteiger partial charge >= 0.3 is 0 Å².